The van der Waals surface area contributed by atoms with Gasteiger partial charge in [0.05, 0.1) is 18.6 Å². The van der Waals surface area contributed by atoms with Gasteiger partial charge in [0.15, 0.2) is 0 Å². The molecule has 1 saturated heterocycles. The van der Waals surface area contributed by atoms with Crippen molar-refractivity contribution in [2.75, 3.05) is 27.2 Å². The molecule has 0 aromatic heterocycles. The molecule has 1 fully saturated rings. The Balaban J connectivity index is 2.57. The van der Waals surface area contributed by atoms with Crippen molar-refractivity contribution >= 4 is 5.91 Å². The third kappa shape index (κ3) is 5.06. The van der Waals surface area contributed by atoms with E-state index in [4.69, 9.17) is 9.57 Å². The number of rotatable bonds is 4. The first-order chi connectivity index (χ1) is 8.74. The predicted molar refractivity (Wildman–Crippen MR) is 70.9 cm³/mol. The molecule has 0 aromatic rings. The van der Waals surface area contributed by atoms with Gasteiger partial charge < -0.3 is 9.84 Å². The minimum atomic E-state index is -0.969. The van der Waals surface area contributed by atoms with E-state index in [-0.39, 0.29) is 11.8 Å². The molecule has 0 radical (unpaired) electrons. The first-order valence-corrected chi connectivity index (χ1v) is 6.66. The van der Waals surface area contributed by atoms with Gasteiger partial charge in [-0.3, -0.25) is 14.5 Å². The van der Waals surface area contributed by atoms with E-state index in [0.29, 0.717) is 6.54 Å². The molecule has 1 aliphatic rings. The van der Waals surface area contributed by atoms with Crippen molar-refractivity contribution in [2.24, 2.45) is 5.92 Å². The number of hydrogen-bond donors (Lipinski definition) is 1. The normalized spacial score (nSPS) is 23.2. The van der Waals surface area contributed by atoms with Gasteiger partial charge >= 0.3 is 0 Å². The highest BCUT2D eigenvalue weighted by atomic mass is 16.7. The molecule has 1 aliphatic heterocycles. The summed E-state index contributed by atoms with van der Waals surface area (Å²) < 4.78 is 5.52. The zero-order valence-corrected chi connectivity index (χ0v) is 12.5. The van der Waals surface area contributed by atoms with Crippen molar-refractivity contribution in [3.63, 3.8) is 0 Å². The summed E-state index contributed by atoms with van der Waals surface area (Å²) in [6.45, 7) is 6.89. The standard InChI is InChI=1S/C13H26N2O4/c1-13(2,3)19-12(17)15-8-6-7-10(9-15)11(16)14(4)18-5/h10,12,17H,6-9H2,1-5H3. The Morgan fingerprint density at radius 1 is 1.47 bits per heavy atom. The number of hydroxylamine groups is 2. The lowest BCUT2D eigenvalue weighted by Gasteiger charge is -2.37. The Morgan fingerprint density at radius 3 is 2.63 bits per heavy atom. The number of ether oxygens (including phenoxy) is 1. The topological polar surface area (TPSA) is 62.2 Å². The molecule has 0 aliphatic carbocycles. The number of likely N-dealkylation sites (tertiary alicyclic amines) is 1. The number of aliphatic hydroxyl groups excluding tert-OH is 1. The van der Waals surface area contributed by atoms with Crippen molar-refractivity contribution in [3.8, 4) is 0 Å². The molecular weight excluding hydrogens is 248 g/mol. The van der Waals surface area contributed by atoms with Crippen LogP contribution in [0.15, 0.2) is 0 Å². The van der Waals surface area contributed by atoms with Gasteiger partial charge in [-0.25, -0.2) is 5.06 Å². The summed E-state index contributed by atoms with van der Waals surface area (Å²) in [5, 5.41) is 11.3. The zero-order valence-electron chi connectivity index (χ0n) is 12.5. The van der Waals surface area contributed by atoms with Gasteiger partial charge in [-0.2, -0.15) is 0 Å². The molecule has 0 saturated carbocycles. The van der Waals surface area contributed by atoms with Crippen LogP contribution in [0, 0.1) is 5.92 Å². The smallest absolute Gasteiger partial charge is 0.250 e. The third-order valence-corrected chi connectivity index (χ3v) is 3.16. The number of piperidine rings is 1. The summed E-state index contributed by atoms with van der Waals surface area (Å²) in [4.78, 5) is 18.7. The molecule has 0 bridgehead atoms. The summed E-state index contributed by atoms with van der Waals surface area (Å²) in [7, 11) is 3.07. The largest absolute Gasteiger partial charge is 0.356 e. The maximum atomic E-state index is 12.0. The molecular formula is C13H26N2O4. The van der Waals surface area contributed by atoms with E-state index in [1.165, 1.54) is 12.2 Å². The van der Waals surface area contributed by atoms with Gasteiger partial charge in [0.1, 0.15) is 0 Å². The van der Waals surface area contributed by atoms with Crippen molar-refractivity contribution in [3.05, 3.63) is 0 Å². The third-order valence-electron chi connectivity index (χ3n) is 3.16. The Kier molecular flexibility index (Phi) is 5.73. The minimum Gasteiger partial charge on any atom is -0.356 e. The van der Waals surface area contributed by atoms with Crippen LogP contribution in [-0.4, -0.2) is 60.2 Å². The first kappa shape index (κ1) is 16.4. The van der Waals surface area contributed by atoms with Crippen LogP contribution in [-0.2, 0) is 14.4 Å². The number of nitrogens with zero attached hydrogens (tertiary/aromatic N) is 2. The van der Waals surface area contributed by atoms with Gasteiger partial charge in [-0.15, -0.1) is 0 Å². The van der Waals surface area contributed by atoms with Crippen molar-refractivity contribution in [2.45, 2.75) is 45.6 Å². The summed E-state index contributed by atoms with van der Waals surface area (Å²) in [5.41, 5.74) is -0.417. The van der Waals surface area contributed by atoms with E-state index in [1.54, 1.807) is 11.9 Å². The molecule has 112 valence electrons. The van der Waals surface area contributed by atoms with Crippen LogP contribution in [0.3, 0.4) is 0 Å². The number of hydrogen-bond acceptors (Lipinski definition) is 5. The van der Waals surface area contributed by atoms with Crippen LogP contribution in [0.25, 0.3) is 0 Å². The lowest BCUT2D eigenvalue weighted by molar-refractivity contribution is -0.245. The van der Waals surface area contributed by atoms with Crippen LogP contribution in [0.1, 0.15) is 33.6 Å². The van der Waals surface area contributed by atoms with Gasteiger partial charge in [0, 0.05) is 20.1 Å². The summed E-state index contributed by atoms with van der Waals surface area (Å²) in [6.07, 6.45) is 0.701. The van der Waals surface area contributed by atoms with Crippen molar-refractivity contribution in [1.82, 2.24) is 9.96 Å². The number of carbonyl (C=O) groups is 1. The minimum absolute atomic E-state index is 0.0600. The van der Waals surface area contributed by atoms with Crippen LogP contribution < -0.4 is 0 Å². The first-order valence-electron chi connectivity index (χ1n) is 6.66. The molecule has 1 amide bonds. The van der Waals surface area contributed by atoms with Gasteiger partial charge in [-0.05, 0) is 33.6 Å². The lowest BCUT2D eigenvalue weighted by Crippen LogP contribution is -2.49. The van der Waals surface area contributed by atoms with Crippen LogP contribution in [0.5, 0.6) is 0 Å². The molecule has 0 aromatic carbocycles. The van der Waals surface area contributed by atoms with Crippen LogP contribution >= 0.6 is 0 Å². The molecule has 1 rings (SSSR count). The van der Waals surface area contributed by atoms with Crippen molar-refractivity contribution in [1.29, 1.82) is 0 Å². The number of carbonyl (C=O) groups excluding carboxylic acids is 1. The molecule has 2 unspecified atom stereocenters. The molecule has 1 N–H and O–H groups in total. The van der Waals surface area contributed by atoms with Gasteiger partial charge in [0.25, 0.3) is 0 Å². The predicted octanol–water partition coefficient (Wildman–Crippen LogP) is 0.809. The molecule has 2 atom stereocenters. The average molecular weight is 274 g/mol. The molecule has 0 spiro atoms. The Hall–Kier alpha value is -0.690. The Morgan fingerprint density at radius 2 is 2.11 bits per heavy atom. The fourth-order valence-corrected chi connectivity index (χ4v) is 2.15. The SMILES string of the molecule is CON(C)C(=O)C1CCCN(C(O)OC(C)(C)C)C1. The second-order valence-corrected chi connectivity index (χ2v) is 5.91. The summed E-state index contributed by atoms with van der Waals surface area (Å²) in [5.74, 6) is -0.216. The zero-order chi connectivity index (χ0) is 14.6. The van der Waals surface area contributed by atoms with E-state index < -0.39 is 12.0 Å². The highest BCUT2D eigenvalue weighted by Crippen LogP contribution is 2.22. The molecule has 6 heteroatoms. The summed E-state index contributed by atoms with van der Waals surface area (Å²) in [6, 6.07) is 0. The maximum Gasteiger partial charge on any atom is 0.250 e. The second kappa shape index (κ2) is 6.65. The Bertz CT molecular complexity index is 304. The maximum absolute atomic E-state index is 12.0. The van der Waals surface area contributed by atoms with E-state index in [9.17, 15) is 9.90 Å². The van der Waals surface area contributed by atoms with E-state index in [2.05, 4.69) is 0 Å². The van der Waals surface area contributed by atoms with Crippen LogP contribution in [0.4, 0.5) is 0 Å². The molecule has 19 heavy (non-hydrogen) atoms. The van der Waals surface area contributed by atoms with Gasteiger partial charge in [0.2, 0.25) is 12.3 Å². The molecule has 1 heterocycles. The van der Waals surface area contributed by atoms with E-state index >= 15 is 0 Å². The second-order valence-electron chi connectivity index (χ2n) is 5.91. The fourth-order valence-electron chi connectivity index (χ4n) is 2.15. The number of aliphatic hydroxyl groups is 1. The average Bonchev–Trinajstić information content (AvgIpc) is 2.35. The summed E-state index contributed by atoms with van der Waals surface area (Å²) >= 11 is 0. The van der Waals surface area contributed by atoms with Crippen LogP contribution in [0.2, 0.25) is 0 Å². The molecule has 6 nitrogen and oxygen atoms in total. The highest BCUT2D eigenvalue weighted by Gasteiger charge is 2.32. The number of amides is 1. The lowest BCUT2D eigenvalue weighted by atomic mass is 9.97. The Labute approximate surface area is 115 Å². The monoisotopic (exact) mass is 274 g/mol. The van der Waals surface area contributed by atoms with E-state index in [0.717, 1.165) is 19.4 Å². The van der Waals surface area contributed by atoms with Crippen molar-refractivity contribution < 1.29 is 19.5 Å². The van der Waals surface area contributed by atoms with E-state index in [1.807, 2.05) is 20.8 Å². The van der Waals surface area contributed by atoms with Gasteiger partial charge in [-0.1, -0.05) is 0 Å². The highest BCUT2D eigenvalue weighted by molar-refractivity contribution is 5.77. The fraction of sp³-hybridized carbons (Fsp3) is 0.923. The quantitative estimate of drug-likeness (QED) is 0.607.